The maximum absolute atomic E-state index is 5.78. The highest BCUT2D eigenvalue weighted by molar-refractivity contribution is 8.03. The Morgan fingerprint density at radius 2 is 1.12 bits per heavy atom. The molecule has 0 aromatic heterocycles. The van der Waals surface area contributed by atoms with Crippen molar-refractivity contribution in [3.05, 3.63) is 0 Å². The summed E-state index contributed by atoms with van der Waals surface area (Å²) >= 11 is 2.13. The van der Waals surface area contributed by atoms with E-state index >= 15 is 0 Å². The van der Waals surface area contributed by atoms with E-state index in [0.717, 1.165) is 0 Å². The zero-order valence-corrected chi connectivity index (χ0v) is 15.6. The predicted molar refractivity (Wildman–Crippen MR) is 84.7 cm³/mol. The van der Waals surface area contributed by atoms with Crippen LogP contribution in [0, 0.1) is 0 Å². The molecule has 5 heteroatoms. The summed E-state index contributed by atoms with van der Waals surface area (Å²) in [5, 5.41) is 0. The molecule has 0 aliphatic rings. The minimum Gasteiger partial charge on any atom is -0.419 e. The summed E-state index contributed by atoms with van der Waals surface area (Å²) in [5.74, 6) is 0. The van der Waals surface area contributed by atoms with E-state index in [9.17, 15) is 0 Å². The van der Waals surface area contributed by atoms with E-state index in [1.807, 2.05) is 14.2 Å². The highest BCUT2D eigenvalue weighted by Gasteiger charge is 2.39. The van der Waals surface area contributed by atoms with Gasteiger partial charge in [0.1, 0.15) is 0 Å². The molecule has 2 nitrogen and oxygen atoms in total. The van der Waals surface area contributed by atoms with Crippen LogP contribution in [0.15, 0.2) is 0 Å². The topological polar surface area (TPSA) is 18.5 Å². The van der Waals surface area contributed by atoms with Crippen LogP contribution < -0.4 is 0 Å². The van der Waals surface area contributed by atoms with Gasteiger partial charge < -0.3 is 8.85 Å². The van der Waals surface area contributed by atoms with E-state index in [1.165, 1.54) is 12.8 Å². The van der Waals surface area contributed by atoms with Crippen LogP contribution in [0.25, 0.3) is 0 Å². The zero-order valence-electron chi connectivity index (χ0n) is 12.8. The third kappa shape index (κ3) is 5.06. The van der Waals surface area contributed by atoms with Crippen molar-refractivity contribution >= 4 is 28.4 Å². The van der Waals surface area contributed by atoms with Crippen molar-refractivity contribution in [3.63, 3.8) is 0 Å². The molecule has 0 saturated carbocycles. The fraction of sp³-hybridized carbons (Fsp3) is 1.00. The van der Waals surface area contributed by atoms with Gasteiger partial charge in [0.05, 0.1) is 0 Å². The molecule has 0 saturated heterocycles. The summed E-state index contributed by atoms with van der Waals surface area (Å²) in [5.41, 5.74) is 0. The molecule has 0 fully saturated rings. The molecule has 2 unspecified atom stereocenters. The Balaban J connectivity index is 4.75. The van der Waals surface area contributed by atoms with Gasteiger partial charge in [0.2, 0.25) is 0 Å². The van der Waals surface area contributed by atoms with Crippen LogP contribution in [0.1, 0.15) is 26.7 Å². The number of hydrogen-bond donors (Lipinski definition) is 0. The first kappa shape index (κ1) is 17.7. The van der Waals surface area contributed by atoms with Crippen molar-refractivity contribution in [1.82, 2.24) is 0 Å². The second-order valence-corrected chi connectivity index (χ2v) is 16.4. The Hall–Kier alpha value is 0.704. The lowest BCUT2D eigenvalue weighted by atomic mass is 10.6. The molecule has 0 N–H and O–H groups in total. The fourth-order valence-corrected chi connectivity index (χ4v) is 9.83. The van der Waals surface area contributed by atoms with Gasteiger partial charge in [0.25, 0.3) is 0 Å². The minimum atomic E-state index is -1.55. The lowest BCUT2D eigenvalue weighted by molar-refractivity contribution is 0.398. The molecule has 0 rings (SSSR count). The van der Waals surface area contributed by atoms with Gasteiger partial charge in [-0.15, -0.1) is 0 Å². The summed E-state index contributed by atoms with van der Waals surface area (Å²) in [4.78, 5) is 1.33. The van der Waals surface area contributed by atoms with Gasteiger partial charge >= 0.3 is 0 Å². The fourth-order valence-electron chi connectivity index (χ4n) is 1.96. The summed E-state index contributed by atoms with van der Waals surface area (Å²) in [6.07, 6.45) is 2.39. The lowest BCUT2D eigenvalue weighted by Gasteiger charge is -2.36. The summed E-state index contributed by atoms with van der Waals surface area (Å²) in [6, 6.07) is 0. The molecule has 0 aliphatic carbocycles. The second kappa shape index (κ2) is 7.33. The first-order valence-electron chi connectivity index (χ1n) is 6.50. The third-order valence-corrected chi connectivity index (χ3v) is 15.2. The number of hydrogen-bond acceptors (Lipinski definition) is 3. The smallest absolute Gasteiger partial charge is 0.198 e. The van der Waals surface area contributed by atoms with E-state index < -0.39 is 16.6 Å². The molecular weight excluding hydrogens is 264 g/mol. The van der Waals surface area contributed by atoms with Crippen LogP contribution in [0.5, 0.6) is 0 Å². The minimum absolute atomic E-state index is 0.666. The third-order valence-electron chi connectivity index (χ3n) is 3.67. The second-order valence-electron chi connectivity index (χ2n) is 5.55. The monoisotopic (exact) mass is 294 g/mol. The number of thioether (sulfide) groups is 1. The van der Waals surface area contributed by atoms with E-state index in [0.29, 0.717) is 9.75 Å². The first-order chi connectivity index (χ1) is 7.75. The first-order valence-corrected chi connectivity index (χ1v) is 13.4. The van der Waals surface area contributed by atoms with Crippen molar-refractivity contribution in [2.45, 2.75) is 62.6 Å². The molecule has 0 spiro atoms. The van der Waals surface area contributed by atoms with Crippen LogP contribution >= 0.6 is 11.8 Å². The highest BCUT2D eigenvalue weighted by atomic mass is 32.2. The standard InChI is InChI=1S/C12H30O2SSi2/c1-9-11(16(5,6)13-3)15-12(10-2)17(7,8)14-4/h11-12H,9-10H2,1-8H3. The Labute approximate surface area is 114 Å². The molecule has 0 heterocycles. The van der Waals surface area contributed by atoms with Crippen LogP contribution in [0.3, 0.4) is 0 Å². The van der Waals surface area contributed by atoms with E-state index in [2.05, 4.69) is 51.8 Å². The van der Waals surface area contributed by atoms with Crippen LogP contribution in [0.2, 0.25) is 26.2 Å². The largest absolute Gasteiger partial charge is 0.419 e. The molecule has 0 radical (unpaired) electrons. The highest BCUT2D eigenvalue weighted by Crippen LogP contribution is 2.35. The Kier molecular flexibility index (Phi) is 7.63. The molecule has 2 atom stereocenters. The SMILES string of the molecule is CCC(SC(CC)[Si](C)(C)OC)[Si](C)(C)OC. The van der Waals surface area contributed by atoms with Crippen molar-refractivity contribution in [3.8, 4) is 0 Å². The average Bonchev–Trinajstić information content (AvgIpc) is 2.29. The average molecular weight is 295 g/mol. The van der Waals surface area contributed by atoms with E-state index in [4.69, 9.17) is 8.85 Å². The van der Waals surface area contributed by atoms with Gasteiger partial charge in [0.15, 0.2) is 16.6 Å². The molecular formula is C12H30O2SSi2. The van der Waals surface area contributed by atoms with Gasteiger partial charge in [-0.05, 0) is 39.0 Å². The van der Waals surface area contributed by atoms with Crippen molar-refractivity contribution < 1.29 is 8.85 Å². The van der Waals surface area contributed by atoms with Crippen LogP contribution in [0.4, 0.5) is 0 Å². The summed E-state index contributed by atoms with van der Waals surface area (Å²) in [7, 11) is 0.645. The molecule has 104 valence electrons. The molecule has 0 bridgehead atoms. The van der Waals surface area contributed by atoms with E-state index in [-0.39, 0.29) is 0 Å². The maximum atomic E-state index is 5.78. The molecule has 0 aromatic carbocycles. The van der Waals surface area contributed by atoms with Crippen LogP contribution in [-0.4, -0.2) is 40.6 Å². The molecule has 17 heavy (non-hydrogen) atoms. The summed E-state index contributed by atoms with van der Waals surface area (Å²) in [6.45, 7) is 13.8. The van der Waals surface area contributed by atoms with Gasteiger partial charge in [-0.25, -0.2) is 0 Å². The summed E-state index contributed by atoms with van der Waals surface area (Å²) < 4.78 is 11.6. The number of rotatable bonds is 8. The van der Waals surface area contributed by atoms with Gasteiger partial charge in [-0.3, -0.25) is 0 Å². The Bertz CT molecular complexity index is 201. The Morgan fingerprint density at radius 1 is 0.824 bits per heavy atom. The maximum Gasteiger partial charge on any atom is 0.198 e. The van der Waals surface area contributed by atoms with Crippen molar-refractivity contribution in [2.24, 2.45) is 0 Å². The molecule has 0 amide bonds. The Morgan fingerprint density at radius 3 is 1.29 bits per heavy atom. The van der Waals surface area contributed by atoms with Gasteiger partial charge in [-0.2, -0.15) is 11.8 Å². The van der Waals surface area contributed by atoms with Gasteiger partial charge in [0, 0.05) is 24.0 Å². The van der Waals surface area contributed by atoms with Crippen LogP contribution in [-0.2, 0) is 8.85 Å². The molecule has 0 aromatic rings. The van der Waals surface area contributed by atoms with E-state index in [1.54, 1.807) is 0 Å². The lowest BCUT2D eigenvalue weighted by Crippen LogP contribution is -2.47. The quantitative estimate of drug-likeness (QED) is 0.629. The molecule has 0 aliphatic heterocycles. The van der Waals surface area contributed by atoms with Crippen molar-refractivity contribution in [1.29, 1.82) is 0 Å². The predicted octanol–water partition coefficient (Wildman–Crippen LogP) is 4.06. The normalized spacial score (nSPS) is 16.9. The van der Waals surface area contributed by atoms with Crippen molar-refractivity contribution in [2.75, 3.05) is 14.2 Å². The zero-order chi connectivity index (χ0) is 13.7. The van der Waals surface area contributed by atoms with Gasteiger partial charge in [-0.1, -0.05) is 13.8 Å².